The molecule has 1 aromatic rings. The van der Waals surface area contributed by atoms with Gasteiger partial charge in [-0.3, -0.25) is 4.55 Å². The first kappa shape index (κ1) is 9.82. The molecule has 72 valence electrons. The van der Waals surface area contributed by atoms with Crippen LogP contribution in [0.4, 0.5) is 0 Å². The van der Waals surface area contributed by atoms with Gasteiger partial charge in [-0.15, -0.1) is 0 Å². The van der Waals surface area contributed by atoms with Crippen molar-refractivity contribution in [3.63, 3.8) is 0 Å². The summed E-state index contributed by atoms with van der Waals surface area (Å²) < 4.78 is 34.9. The first-order chi connectivity index (χ1) is 5.96. The number of benzene rings is 1. The quantitative estimate of drug-likeness (QED) is 0.691. The molecule has 1 aromatic carbocycles. The fraction of sp³-hybridized carbons (Fsp3) is 0.143. The van der Waals surface area contributed by atoms with Crippen LogP contribution in [0.5, 0.6) is 11.5 Å². The molecular weight excluding hydrogens is 196 g/mol. The summed E-state index contributed by atoms with van der Waals surface area (Å²) in [5, 5.41) is 9.14. The van der Waals surface area contributed by atoms with Crippen LogP contribution in [0.3, 0.4) is 0 Å². The Balaban J connectivity index is 3.50. The number of phenols is 1. The summed E-state index contributed by atoms with van der Waals surface area (Å²) in [5.74, 6) is -0.635. The molecule has 0 aromatic heterocycles. The van der Waals surface area contributed by atoms with Crippen LogP contribution in [-0.4, -0.2) is 25.2 Å². The smallest absolute Gasteiger partial charge is 0.301 e. The zero-order chi connectivity index (χ0) is 10.1. The normalized spacial score (nSPS) is 11.2. The Morgan fingerprint density at radius 3 is 2.38 bits per heavy atom. The summed E-state index contributed by atoms with van der Waals surface area (Å²) in [6, 6.07) is 3.87. The minimum Gasteiger partial charge on any atom is -0.506 e. The van der Waals surface area contributed by atoms with E-state index in [0.29, 0.717) is 0 Å². The Labute approximate surface area is 75.3 Å². The highest BCUT2D eigenvalue weighted by molar-refractivity contribution is 7.86. The highest BCUT2D eigenvalue weighted by Gasteiger charge is 2.20. The van der Waals surface area contributed by atoms with Gasteiger partial charge in [0.05, 0.1) is 7.11 Å². The third-order valence-corrected chi connectivity index (χ3v) is 2.36. The molecular formula is C7H8O5S. The van der Waals surface area contributed by atoms with Crippen molar-refractivity contribution in [3.8, 4) is 11.5 Å². The zero-order valence-corrected chi connectivity index (χ0v) is 7.58. The second-order valence-electron chi connectivity index (χ2n) is 2.28. The van der Waals surface area contributed by atoms with E-state index in [1.165, 1.54) is 19.2 Å². The predicted octanol–water partition coefficient (Wildman–Crippen LogP) is 0.647. The highest BCUT2D eigenvalue weighted by Crippen LogP contribution is 2.31. The van der Waals surface area contributed by atoms with Gasteiger partial charge in [0.15, 0.2) is 4.90 Å². The Morgan fingerprint density at radius 1 is 1.38 bits per heavy atom. The summed E-state index contributed by atoms with van der Waals surface area (Å²) in [6.07, 6.45) is 0. The molecule has 0 aliphatic heterocycles. The number of phenolic OH excluding ortho intramolecular Hbond substituents is 1. The van der Waals surface area contributed by atoms with Crippen LogP contribution >= 0.6 is 0 Å². The predicted molar refractivity (Wildman–Crippen MR) is 44.5 cm³/mol. The van der Waals surface area contributed by atoms with Gasteiger partial charge in [-0.25, -0.2) is 0 Å². The second-order valence-corrected chi connectivity index (χ2v) is 3.64. The van der Waals surface area contributed by atoms with Gasteiger partial charge in [0.1, 0.15) is 11.5 Å². The summed E-state index contributed by atoms with van der Waals surface area (Å²) in [7, 11) is -3.21. The Hall–Kier alpha value is -1.27. The van der Waals surface area contributed by atoms with Crippen molar-refractivity contribution < 1.29 is 22.8 Å². The SMILES string of the molecule is COc1cccc(O)c1S(=O)(=O)O. The largest absolute Gasteiger partial charge is 0.506 e. The second kappa shape index (κ2) is 3.23. The van der Waals surface area contributed by atoms with Gasteiger partial charge < -0.3 is 9.84 Å². The molecule has 0 aliphatic rings. The first-order valence-electron chi connectivity index (χ1n) is 3.30. The van der Waals surface area contributed by atoms with E-state index in [9.17, 15) is 8.42 Å². The van der Waals surface area contributed by atoms with Crippen molar-refractivity contribution in [2.75, 3.05) is 7.11 Å². The van der Waals surface area contributed by atoms with Gasteiger partial charge in [0.2, 0.25) is 0 Å². The van der Waals surface area contributed by atoms with Crippen LogP contribution in [0.2, 0.25) is 0 Å². The van der Waals surface area contributed by atoms with Crippen LogP contribution in [0, 0.1) is 0 Å². The molecule has 1 rings (SSSR count). The molecule has 0 atom stereocenters. The maximum atomic E-state index is 10.7. The van der Waals surface area contributed by atoms with E-state index in [1.54, 1.807) is 0 Å². The molecule has 0 bridgehead atoms. The van der Waals surface area contributed by atoms with E-state index in [1.807, 2.05) is 0 Å². The average molecular weight is 204 g/mol. The number of ether oxygens (including phenoxy) is 1. The van der Waals surface area contributed by atoms with Crippen molar-refractivity contribution in [2.24, 2.45) is 0 Å². The van der Waals surface area contributed by atoms with Gasteiger partial charge in [-0.05, 0) is 12.1 Å². The number of methoxy groups -OCH3 is 1. The molecule has 0 spiro atoms. The van der Waals surface area contributed by atoms with Crippen LogP contribution in [0.1, 0.15) is 0 Å². The van der Waals surface area contributed by atoms with Gasteiger partial charge in [0, 0.05) is 0 Å². The lowest BCUT2D eigenvalue weighted by Crippen LogP contribution is -2.01. The maximum Gasteiger partial charge on any atom is 0.301 e. The monoisotopic (exact) mass is 204 g/mol. The number of aromatic hydroxyl groups is 1. The lowest BCUT2D eigenvalue weighted by atomic mass is 10.3. The molecule has 0 fully saturated rings. The average Bonchev–Trinajstić information content (AvgIpc) is 2.01. The van der Waals surface area contributed by atoms with Gasteiger partial charge in [-0.2, -0.15) is 8.42 Å². The van der Waals surface area contributed by atoms with E-state index >= 15 is 0 Å². The van der Waals surface area contributed by atoms with Gasteiger partial charge in [0.25, 0.3) is 0 Å². The van der Waals surface area contributed by atoms with E-state index in [-0.39, 0.29) is 5.75 Å². The zero-order valence-electron chi connectivity index (χ0n) is 6.76. The Bertz CT molecular complexity index is 409. The van der Waals surface area contributed by atoms with Crippen LogP contribution < -0.4 is 4.74 Å². The fourth-order valence-electron chi connectivity index (χ4n) is 0.924. The molecule has 0 unspecified atom stereocenters. The maximum absolute atomic E-state index is 10.7. The van der Waals surface area contributed by atoms with Gasteiger partial charge in [-0.1, -0.05) is 6.07 Å². The topological polar surface area (TPSA) is 83.8 Å². The first-order valence-corrected chi connectivity index (χ1v) is 4.74. The van der Waals surface area contributed by atoms with Crippen molar-refractivity contribution >= 4 is 10.1 Å². The van der Waals surface area contributed by atoms with E-state index < -0.39 is 20.8 Å². The highest BCUT2D eigenvalue weighted by atomic mass is 32.2. The molecule has 5 nitrogen and oxygen atoms in total. The Morgan fingerprint density at radius 2 is 2.00 bits per heavy atom. The van der Waals surface area contributed by atoms with Crippen LogP contribution in [0.15, 0.2) is 23.1 Å². The van der Waals surface area contributed by atoms with E-state index in [0.717, 1.165) is 6.07 Å². The standard InChI is InChI=1S/C7H8O5S/c1-12-6-4-2-3-5(8)7(6)13(9,10)11/h2-4,8H,1H3,(H,9,10,11). The minimum atomic E-state index is -4.45. The van der Waals surface area contributed by atoms with Crippen molar-refractivity contribution in [3.05, 3.63) is 18.2 Å². The summed E-state index contributed by atoms with van der Waals surface area (Å²) in [6.45, 7) is 0. The molecule has 0 heterocycles. The van der Waals surface area contributed by atoms with Crippen molar-refractivity contribution in [1.82, 2.24) is 0 Å². The summed E-state index contributed by atoms with van der Waals surface area (Å²) in [5.41, 5.74) is 0. The summed E-state index contributed by atoms with van der Waals surface area (Å²) >= 11 is 0. The fourth-order valence-corrected chi connectivity index (χ4v) is 1.66. The molecule has 0 aliphatic carbocycles. The van der Waals surface area contributed by atoms with Crippen molar-refractivity contribution in [1.29, 1.82) is 0 Å². The van der Waals surface area contributed by atoms with Crippen LogP contribution in [0.25, 0.3) is 0 Å². The third kappa shape index (κ3) is 1.90. The van der Waals surface area contributed by atoms with Gasteiger partial charge >= 0.3 is 10.1 Å². The number of hydrogen-bond acceptors (Lipinski definition) is 4. The summed E-state index contributed by atoms with van der Waals surface area (Å²) in [4.78, 5) is -0.613. The number of rotatable bonds is 2. The van der Waals surface area contributed by atoms with Crippen molar-refractivity contribution in [2.45, 2.75) is 4.90 Å². The molecule has 0 radical (unpaired) electrons. The third-order valence-electron chi connectivity index (χ3n) is 1.44. The van der Waals surface area contributed by atoms with Crippen LogP contribution in [-0.2, 0) is 10.1 Å². The molecule has 0 amide bonds. The van der Waals surface area contributed by atoms with E-state index in [2.05, 4.69) is 4.74 Å². The lowest BCUT2D eigenvalue weighted by molar-refractivity contribution is 0.382. The number of hydrogen-bond donors (Lipinski definition) is 2. The minimum absolute atomic E-state index is 0.0949. The molecule has 0 saturated heterocycles. The lowest BCUT2D eigenvalue weighted by Gasteiger charge is -2.06. The molecule has 2 N–H and O–H groups in total. The molecule has 0 saturated carbocycles. The molecule has 6 heteroatoms. The Kier molecular flexibility index (Phi) is 2.44. The molecule has 13 heavy (non-hydrogen) atoms. The van der Waals surface area contributed by atoms with E-state index in [4.69, 9.17) is 9.66 Å².